The van der Waals surface area contributed by atoms with E-state index < -0.39 is 0 Å². The fourth-order valence-corrected chi connectivity index (χ4v) is 2.64. The summed E-state index contributed by atoms with van der Waals surface area (Å²) in [4.78, 5) is 23.6. The zero-order valence-electron chi connectivity index (χ0n) is 11.1. The molecule has 0 spiro atoms. The van der Waals surface area contributed by atoms with Gasteiger partial charge < -0.3 is 4.98 Å². The fourth-order valence-electron chi connectivity index (χ4n) is 2.07. The van der Waals surface area contributed by atoms with Gasteiger partial charge in [-0.25, -0.2) is 4.98 Å². The monoisotopic (exact) mass is 389 g/mol. The lowest BCUT2D eigenvalue weighted by molar-refractivity contribution is 0.939. The SMILES string of the molecule is O=c1[nH]c(Cc2ccncc2)nc(-c2ccccc2)c1I. The van der Waals surface area contributed by atoms with Crippen molar-refractivity contribution in [2.45, 2.75) is 6.42 Å². The first kappa shape index (κ1) is 13.9. The number of hydrogen-bond donors (Lipinski definition) is 1. The minimum Gasteiger partial charge on any atom is -0.309 e. The number of nitrogens with zero attached hydrogens (tertiary/aromatic N) is 2. The van der Waals surface area contributed by atoms with Gasteiger partial charge in [-0.05, 0) is 40.3 Å². The van der Waals surface area contributed by atoms with E-state index in [2.05, 4.69) is 15.0 Å². The van der Waals surface area contributed by atoms with E-state index in [4.69, 9.17) is 0 Å². The first-order chi connectivity index (χ1) is 10.2. The second-order valence-corrected chi connectivity index (χ2v) is 5.65. The van der Waals surface area contributed by atoms with Gasteiger partial charge in [0.05, 0.1) is 5.69 Å². The van der Waals surface area contributed by atoms with Gasteiger partial charge in [0.1, 0.15) is 9.39 Å². The summed E-state index contributed by atoms with van der Waals surface area (Å²) in [6, 6.07) is 13.6. The zero-order chi connectivity index (χ0) is 14.7. The Morgan fingerprint density at radius 2 is 1.76 bits per heavy atom. The summed E-state index contributed by atoms with van der Waals surface area (Å²) in [7, 11) is 0. The number of hydrogen-bond acceptors (Lipinski definition) is 3. The van der Waals surface area contributed by atoms with E-state index in [9.17, 15) is 4.79 Å². The Kier molecular flexibility index (Phi) is 4.10. The van der Waals surface area contributed by atoms with Crippen LogP contribution in [0.2, 0.25) is 0 Å². The third-order valence-electron chi connectivity index (χ3n) is 3.08. The molecule has 3 aromatic rings. The summed E-state index contributed by atoms with van der Waals surface area (Å²) >= 11 is 2.04. The van der Waals surface area contributed by atoms with Crippen LogP contribution in [-0.4, -0.2) is 15.0 Å². The molecular formula is C16H12IN3O. The maximum absolute atomic E-state index is 12.1. The molecule has 4 nitrogen and oxygen atoms in total. The molecule has 0 unspecified atom stereocenters. The lowest BCUT2D eigenvalue weighted by Gasteiger charge is -2.07. The minimum absolute atomic E-state index is 0.103. The Balaban J connectivity index is 2.04. The van der Waals surface area contributed by atoms with Crippen molar-refractivity contribution in [3.8, 4) is 11.3 Å². The molecule has 1 aromatic carbocycles. The highest BCUT2D eigenvalue weighted by molar-refractivity contribution is 14.1. The van der Waals surface area contributed by atoms with Crippen molar-refractivity contribution in [3.05, 3.63) is 80.2 Å². The number of rotatable bonds is 3. The van der Waals surface area contributed by atoms with Gasteiger partial charge in [0.2, 0.25) is 0 Å². The fraction of sp³-hybridized carbons (Fsp3) is 0.0625. The summed E-state index contributed by atoms with van der Waals surface area (Å²) < 4.78 is 0.609. The summed E-state index contributed by atoms with van der Waals surface area (Å²) in [6.45, 7) is 0. The molecule has 0 fully saturated rings. The van der Waals surface area contributed by atoms with Gasteiger partial charge in [0, 0.05) is 24.4 Å². The van der Waals surface area contributed by atoms with E-state index in [-0.39, 0.29) is 5.56 Å². The highest BCUT2D eigenvalue weighted by atomic mass is 127. The van der Waals surface area contributed by atoms with Crippen LogP contribution in [0.4, 0.5) is 0 Å². The summed E-state index contributed by atoms with van der Waals surface area (Å²) in [5, 5.41) is 0. The zero-order valence-corrected chi connectivity index (χ0v) is 13.2. The Labute approximate surface area is 135 Å². The van der Waals surface area contributed by atoms with Gasteiger partial charge in [-0.2, -0.15) is 0 Å². The van der Waals surface area contributed by atoms with E-state index in [0.29, 0.717) is 15.8 Å². The van der Waals surface area contributed by atoms with Crippen molar-refractivity contribution in [3.63, 3.8) is 0 Å². The van der Waals surface area contributed by atoms with Crippen LogP contribution in [0.5, 0.6) is 0 Å². The molecule has 0 saturated heterocycles. The van der Waals surface area contributed by atoms with Crippen molar-refractivity contribution in [2.24, 2.45) is 0 Å². The molecule has 104 valence electrons. The third-order valence-corrected chi connectivity index (χ3v) is 4.08. The average molecular weight is 389 g/mol. The van der Waals surface area contributed by atoms with E-state index >= 15 is 0 Å². The van der Waals surface area contributed by atoms with E-state index in [1.807, 2.05) is 65.1 Å². The van der Waals surface area contributed by atoms with Crippen LogP contribution < -0.4 is 5.56 Å². The summed E-state index contributed by atoms with van der Waals surface area (Å²) in [5.41, 5.74) is 2.63. The van der Waals surface area contributed by atoms with Crippen LogP contribution in [-0.2, 0) is 6.42 Å². The molecule has 0 atom stereocenters. The second kappa shape index (κ2) is 6.17. The lowest BCUT2D eigenvalue weighted by atomic mass is 10.1. The van der Waals surface area contributed by atoms with Crippen LogP contribution in [0.25, 0.3) is 11.3 Å². The predicted octanol–water partition coefficient (Wildman–Crippen LogP) is 3.03. The Hall–Kier alpha value is -2.02. The number of nitrogens with one attached hydrogen (secondary N) is 1. The van der Waals surface area contributed by atoms with Gasteiger partial charge in [0.25, 0.3) is 5.56 Å². The van der Waals surface area contributed by atoms with Crippen LogP contribution in [0.15, 0.2) is 59.7 Å². The highest BCUT2D eigenvalue weighted by Gasteiger charge is 2.11. The number of pyridine rings is 1. The van der Waals surface area contributed by atoms with E-state index in [0.717, 1.165) is 16.8 Å². The maximum atomic E-state index is 12.1. The van der Waals surface area contributed by atoms with Gasteiger partial charge in [0.15, 0.2) is 0 Å². The molecule has 0 aliphatic rings. The molecule has 2 heterocycles. The van der Waals surface area contributed by atoms with Crippen LogP contribution in [0.3, 0.4) is 0 Å². The quantitative estimate of drug-likeness (QED) is 0.701. The number of benzene rings is 1. The van der Waals surface area contributed by atoms with Crippen molar-refractivity contribution < 1.29 is 0 Å². The van der Waals surface area contributed by atoms with Crippen molar-refractivity contribution in [1.29, 1.82) is 0 Å². The molecule has 5 heteroatoms. The number of aromatic nitrogens is 3. The lowest BCUT2D eigenvalue weighted by Crippen LogP contribution is -2.16. The molecule has 3 rings (SSSR count). The first-order valence-electron chi connectivity index (χ1n) is 6.47. The average Bonchev–Trinajstić information content (AvgIpc) is 2.52. The van der Waals surface area contributed by atoms with Crippen LogP contribution >= 0.6 is 22.6 Å². The molecule has 0 radical (unpaired) electrons. The standard InChI is InChI=1S/C16H12IN3O/c17-14-15(12-4-2-1-3-5-12)19-13(20-16(14)21)10-11-6-8-18-9-7-11/h1-9H,10H2,(H,19,20,21). The molecule has 0 aliphatic heterocycles. The number of aromatic amines is 1. The normalized spacial score (nSPS) is 10.5. The Morgan fingerprint density at radius 3 is 2.48 bits per heavy atom. The van der Waals surface area contributed by atoms with Gasteiger partial charge in [-0.3, -0.25) is 9.78 Å². The third kappa shape index (κ3) is 3.18. The minimum atomic E-state index is -0.103. The highest BCUT2D eigenvalue weighted by Crippen LogP contribution is 2.20. The van der Waals surface area contributed by atoms with Crippen LogP contribution in [0.1, 0.15) is 11.4 Å². The van der Waals surface area contributed by atoms with Crippen LogP contribution in [0, 0.1) is 3.57 Å². The maximum Gasteiger partial charge on any atom is 0.264 e. The molecule has 21 heavy (non-hydrogen) atoms. The number of H-pyrrole nitrogens is 1. The van der Waals surface area contributed by atoms with Crippen molar-refractivity contribution in [1.82, 2.24) is 15.0 Å². The predicted molar refractivity (Wildman–Crippen MR) is 90.1 cm³/mol. The second-order valence-electron chi connectivity index (χ2n) is 4.57. The van der Waals surface area contributed by atoms with Gasteiger partial charge in [-0.1, -0.05) is 30.3 Å². The summed E-state index contributed by atoms with van der Waals surface area (Å²) in [6.07, 6.45) is 4.05. The largest absolute Gasteiger partial charge is 0.309 e. The van der Waals surface area contributed by atoms with E-state index in [1.165, 1.54) is 0 Å². The molecule has 0 bridgehead atoms. The number of halogens is 1. The topological polar surface area (TPSA) is 58.6 Å². The molecule has 0 amide bonds. The van der Waals surface area contributed by atoms with Crippen molar-refractivity contribution >= 4 is 22.6 Å². The Morgan fingerprint density at radius 1 is 1.05 bits per heavy atom. The Bertz CT molecular complexity index is 801. The van der Waals surface area contributed by atoms with Crippen molar-refractivity contribution in [2.75, 3.05) is 0 Å². The smallest absolute Gasteiger partial charge is 0.264 e. The molecule has 0 saturated carbocycles. The molecule has 0 aliphatic carbocycles. The molecule has 1 N–H and O–H groups in total. The molecule has 2 aromatic heterocycles. The summed E-state index contributed by atoms with van der Waals surface area (Å²) in [5.74, 6) is 0.658. The van der Waals surface area contributed by atoms with Gasteiger partial charge in [-0.15, -0.1) is 0 Å². The molecular weight excluding hydrogens is 377 g/mol. The van der Waals surface area contributed by atoms with Gasteiger partial charge >= 0.3 is 0 Å². The van der Waals surface area contributed by atoms with E-state index in [1.54, 1.807) is 12.4 Å². The first-order valence-corrected chi connectivity index (χ1v) is 7.55.